The molecule has 1 N–H and O–H groups in total. The largest absolute Gasteiger partial charge is 0.477 e. The lowest BCUT2D eigenvalue weighted by molar-refractivity contribution is 0.275. The van der Waals surface area contributed by atoms with Gasteiger partial charge in [0.05, 0.1) is 41.9 Å². The van der Waals surface area contributed by atoms with Gasteiger partial charge in [0.15, 0.2) is 5.65 Å². The number of halogens is 1. The first-order chi connectivity index (χ1) is 17.8. The monoisotopic (exact) mass is 527 g/mol. The van der Waals surface area contributed by atoms with Crippen LogP contribution in [0.4, 0.5) is 16.0 Å². The average molecular weight is 528 g/mol. The average Bonchev–Trinajstić information content (AvgIpc) is 3.58. The molecular formula is C25H30FN7O3S. The third-order valence-electron chi connectivity index (χ3n) is 6.44. The van der Waals surface area contributed by atoms with Crippen molar-refractivity contribution >= 4 is 32.7 Å². The van der Waals surface area contributed by atoms with Crippen LogP contribution in [0.25, 0.3) is 11.0 Å². The first-order valence-corrected chi connectivity index (χ1v) is 13.9. The molecule has 3 aromatic heterocycles. The van der Waals surface area contributed by atoms with E-state index < -0.39 is 16.2 Å². The highest BCUT2D eigenvalue weighted by molar-refractivity contribution is 7.89. The van der Waals surface area contributed by atoms with Gasteiger partial charge in [-0.2, -0.15) is 15.1 Å². The zero-order valence-electron chi connectivity index (χ0n) is 20.8. The summed E-state index contributed by atoms with van der Waals surface area (Å²) < 4.78 is 48.8. The molecule has 5 rings (SSSR count). The Balaban J connectivity index is 1.42. The number of likely N-dealkylation sites (tertiary alicyclic amines) is 1. The summed E-state index contributed by atoms with van der Waals surface area (Å²) in [4.78, 5) is 11.1. The highest BCUT2D eigenvalue weighted by Crippen LogP contribution is 2.29. The number of hydrogen-bond donors (Lipinski definition) is 1. The van der Waals surface area contributed by atoms with E-state index in [2.05, 4.69) is 25.3 Å². The van der Waals surface area contributed by atoms with Gasteiger partial charge in [-0.25, -0.2) is 16.8 Å². The molecule has 0 aliphatic carbocycles. The van der Waals surface area contributed by atoms with Crippen LogP contribution >= 0.6 is 0 Å². The molecule has 1 fully saturated rings. The Hall–Kier alpha value is -3.51. The number of fused-ring (bicyclic) bond motifs is 1. The van der Waals surface area contributed by atoms with Crippen LogP contribution in [0.15, 0.2) is 48.8 Å². The van der Waals surface area contributed by atoms with Crippen molar-refractivity contribution in [2.24, 2.45) is 0 Å². The standard InChI is InChI=1S/C25H30FN7O3S/c1-3-36-24-21-10-12-33(37(34,35)17-19-7-5-4-6-8-19)23(21)29-25(30-24)28-22-15-27-32(18(22)2)14-13-31-11-9-20(26)16-31/h4-8,10,12,15,20H,3,9,11,13-14,16-17H2,1-2H3,(H,28,29,30)/t20-/m1/s1. The lowest BCUT2D eigenvalue weighted by Gasteiger charge is -2.15. The van der Waals surface area contributed by atoms with E-state index in [0.717, 1.165) is 12.2 Å². The van der Waals surface area contributed by atoms with Crippen molar-refractivity contribution in [2.75, 3.05) is 31.6 Å². The van der Waals surface area contributed by atoms with Gasteiger partial charge in [-0.15, -0.1) is 0 Å². The second-order valence-corrected chi connectivity index (χ2v) is 10.9. The fourth-order valence-corrected chi connectivity index (χ4v) is 5.89. The number of aromatic nitrogens is 5. The first-order valence-electron chi connectivity index (χ1n) is 12.3. The second-order valence-electron chi connectivity index (χ2n) is 9.05. The fourth-order valence-electron chi connectivity index (χ4n) is 4.49. The Labute approximate surface area is 215 Å². The van der Waals surface area contributed by atoms with Crippen LogP contribution in [0, 0.1) is 6.92 Å². The molecule has 37 heavy (non-hydrogen) atoms. The number of nitrogens with zero attached hydrogens (tertiary/aromatic N) is 6. The quantitative estimate of drug-likeness (QED) is 0.334. The number of hydrogen-bond acceptors (Lipinski definition) is 8. The van der Waals surface area contributed by atoms with Gasteiger partial charge in [0.1, 0.15) is 6.17 Å². The van der Waals surface area contributed by atoms with E-state index in [1.165, 1.54) is 10.2 Å². The third-order valence-corrected chi connectivity index (χ3v) is 8.03. The predicted molar refractivity (Wildman–Crippen MR) is 139 cm³/mol. The van der Waals surface area contributed by atoms with Crippen LogP contribution in [-0.4, -0.2) is 69.5 Å². The minimum atomic E-state index is -3.75. The summed E-state index contributed by atoms with van der Waals surface area (Å²) >= 11 is 0. The number of nitrogens with one attached hydrogen (secondary N) is 1. The van der Waals surface area contributed by atoms with Crippen LogP contribution in [-0.2, 0) is 22.3 Å². The van der Waals surface area contributed by atoms with E-state index in [4.69, 9.17) is 4.74 Å². The van der Waals surface area contributed by atoms with Gasteiger partial charge in [-0.1, -0.05) is 30.3 Å². The minimum absolute atomic E-state index is 0.166. The van der Waals surface area contributed by atoms with Gasteiger partial charge < -0.3 is 10.1 Å². The minimum Gasteiger partial charge on any atom is -0.477 e. The summed E-state index contributed by atoms with van der Waals surface area (Å²) in [5, 5.41) is 8.13. The number of anilines is 2. The highest BCUT2D eigenvalue weighted by Gasteiger charge is 2.23. The van der Waals surface area contributed by atoms with Crippen molar-refractivity contribution in [3.8, 4) is 5.88 Å². The smallest absolute Gasteiger partial charge is 0.244 e. The molecule has 1 atom stereocenters. The molecule has 1 aliphatic rings. The predicted octanol–water partition coefficient (Wildman–Crippen LogP) is 3.50. The molecular weight excluding hydrogens is 497 g/mol. The van der Waals surface area contributed by atoms with Gasteiger partial charge in [-0.05, 0) is 31.9 Å². The van der Waals surface area contributed by atoms with E-state index >= 15 is 0 Å². The van der Waals surface area contributed by atoms with Crippen molar-refractivity contribution in [3.63, 3.8) is 0 Å². The molecule has 0 amide bonds. The zero-order chi connectivity index (χ0) is 26.0. The number of rotatable bonds is 10. The Morgan fingerprint density at radius 2 is 1.97 bits per heavy atom. The summed E-state index contributed by atoms with van der Waals surface area (Å²) in [5.41, 5.74) is 2.47. The van der Waals surface area contributed by atoms with Crippen LogP contribution in [0.2, 0.25) is 0 Å². The molecule has 0 spiro atoms. The summed E-state index contributed by atoms with van der Waals surface area (Å²) in [7, 11) is -3.75. The van der Waals surface area contributed by atoms with E-state index in [1.54, 1.807) is 36.5 Å². The van der Waals surface area contributed by atoms with Crippen molar-refractivity contribution in [1.82, 2.24) is 28.6 Å². The number of alkyl halides is 1. The molecule has 1 aromatic carbocycles. The first kappa shape index (κ1) is 25.2. The van der Waals surface area contributed by atoms with Gasteiger partial charge in [-0.3, -0.25) is 9.58 Å². The van der Waals surface area contributed by atoms with Crippen molar-refractivity contribution in [2.45, 2.75) is 38.7 Å². The van der Waals surface area contributed by atoms with E-state index in [-0.39, 0.29) is 17.3 Å². The third kappa shape index (κ3) is 5.44. The summed E-state index contributed by atoms with van der Waals surface area (Å²) in [6.07, 6.45) is 2.98. The van der Waals surface area contributed by atoms with Crippen LogP contribution in [0.3, 0.4) is 0 Å². The second kappa shape index (κ2) is 10.5. The Bertz CT molecular complexity index is 1490. The highest BCUT2D eigenvalue weighted by atomic mass is 32.2. The number of ether oxygens (including phenoxy) is 1. The molecule has 0 saturated carbocycles. The SMILES string of the molecule is CCOc1nc(Nc2cnn(CCN3CC[C@@H](F)C3)c2C)nc2c1ccn2S(=O)(=O)Cc1ccccc1. The summed E-state index contributed by atoms with van der Waals surface area (Å²) in [6, 6.07) is 10.7. The van der Waals surface area contributed by atoms with Crippen LogP contribution in [0.1, 0.15) is 24.6 Å². The zero-order valence-corrected chi connectivity index (χ0v) is 21.7. The van der Waals surface area contributed by atoms with Gasteiger partial charge in [0.25, 0.3) is 0 Å². The maximum absolute atomic E-state index is 13.5. The molecule has 1 saturated heterocycles. The van der Waals surface area contributed by atoms with Crippen molar-refractivity contribution < 1.29 is 17.5 Å². The molecule has 4 heterocycles. The fraction of sp³-hybridized carbons (Fsp3) is 0.400. The molecule has 1 aliphatic heterocycles. The Kier molecular flexibility index (Phi) is 7.11. The maximum Gasteiger partial charge on any atom is 0.244 e. The Morgan fingerprint density at radius 1 is 1.16 bits per heavy atom. The normalized spacial score (nSPS) is 16.5. The summed E-state index contributed by atoms with van der Waals surface area (Å²) in [5.74, 6) is 0.331. The molecule has 4 aromatic rings. The maximum atomic E-state index is 13.5. The van der Waals surface area contributed by atoms with Crippen molar-refractivity contribution in [3.05, 3.63) is 60.0 Å². The lowest BCUT2D eigenvalue weighted by atomic mass is 10.2. The van der Waals surface area contributed by atoms with Crippen LogP contribution < -0.4 is 10.1 Å². The molecule has 196 valence electrons. The molecule has 10 nitrogen and oxygen atoms in total. The van der Waals surface area contributed by atoms with E-state index in [0.29, 0.717) is 55.2 Å². The number of benzene rings is 1. The molecule has 0 bridgehead atoms. The van der Waals surface area contributed by atoms with Gasteiger partial charge >= 0.3 is 0 Å². The van der Waals surface area contributed by atoms with Gasteiger partial charge in [0, 0.05) is 25.8 Å². The molecule has 0 radical (unpaired) electrons. The molecule has 0 unspecified atom stereocenters. The Morgan fingerprint density at radius 3 is 2.70 bits per heavy atom. The van der Waals surface area contributed by atoms with Crippen LogP contribution in [0.5, 0.6) is 5.88 Å². The van der Waals surface area contributed by atoms with Gasteiger partial charge in [0.2, 0.25) is 21.9 Å². The lowest BCUT2D eigenvalue weighted by Crippen LogP contribution is -2.26. The topological polar surface area (TPSA) is 107 Å². The summed E-state index contributed by atoms with van der Waals surface area (Å²) in [6.45, 7) is 6.69. The van der Waals surface area contributed by atoms with Crippen molar-refractivity contribution in [1.29, 1.82) is 0 Å². The van der Waals surface area contributed by atoms with E-state index in [9.17, 15) is 12.8 Å². The van der Waals surface area contributed by atoms with E-state index in [1.807, 2.05) is 24.6 Å². The molecule has 12 heteroatoms.